The molecule has 7 heteroatoms. The molecule has 0 aliphatic rings. The minimum Gasteiger partial charge on any atom is -0.310 e. The maximum atomic E-state index is 13.5. The number of anilines is 2. The predicted molar refractivity (Wildman–Crippen MR) is 133 cm³/mol. The largest absolute Gasteiger partial charge is 0.310 e. The van der Waals surface area contributed by atoms with Crippen LogP contribution in [0.1, 0.15) is 15.9 Å². The molecule has 0 aliphatic carbocycles. The van der Waals surface area contributed by atoms with Gasteiger partial charge in [-0.1, -0.05) is 60.2 Å². The molecule has 162 valence electrons. The first-order valence-corrected chi connectivity index (χ1v) is 12.2. The van der Waals surface area contributed by atoms with Crippen molar-refractivity contribution in [2.24, 2.45) is 0 Å². The fraction of sp³-hybridized carbons (Fsp3) is 0.0800. The van der Waals surface area contributed by atoms with Crippen LogP contribution >= 0.6 is 15.9 Å². The number of sulfonamides is 1. The quantitative estimate of drug-likeness (QED) is 0.360. The Labute approximate surface area is 195 Å². The molecule has 32 heavy (non-hydrogen) atoms. The van der Waals surface area contributed by atoms with E-state index in [9.17, 15) is 13.2 Å². The molecule has 0 radical (unpaired) electrons. The van der Waals surface area contributed by atoms with E-state index in [1.165, 1.54) is 4.90 Å². The van der Waals surface area contributed by atoms with Gasteiger partial charge in [-0.05, 0) is 58.6 Å². The van der Waals surface area contributed by atoms with Crippen molar-refractivity contribution >= 4 is 54.0 Å². The number of nitrogens with one attached hydrogen (secondary N) is 1. The van der Waals surface area contributed by atoms with Crippen LogP contribution in [-0.2, 0) is 10.0 Å². The molecular formula is C25H21BrN2O3S. The highest BCUT2D eigenvalue weighted by atomic mass is 79.9. The van der Waals surface area contributed by atoms with Gasteiger partial charge in [-0.15, -0.1) is 0 Å². The minimum absolute atomic E-state index is 0.135. The summed E-state index contributed by atoms with van der Waals surface area (Å²) in [5.74, 6) is -0.329. The van der Waals surface area contributed by atoms with Gasteiger partial charge in [-0.2, -0.15) is 0 Å². The molecule has 1 amide bonds. The van der Waals surface area contributed by atoms with Crippen molar-refractivity contribution < 1.29 is 13.2 Å². The summed E-state index contributed by atoms with van der Waals surface area (Å²) in [4.78, 5) is 15.2. The second kappa shape index (κ2) is 8.76. The van der Waals surface area contributed by atoms with Crippen LogP contribution in [0, 0.1) is 6.92 Å². The molecule has 1 N–H and O–H groups in total. The Morgan fingerprint density at radius 2 is 1.53 bits per heavy atom. The van der Waals surface area contributed by atoms with Crippen LogP contribution in [0.25, 0.3) is 10.8 Å². The van der Waals surface area contributed by atoms with Gasteiger partial charge in [0.05, 0.1) is 21.8 Å². The number of amides is 1. The van der Waals surface area contributed by atoms with E-state index >= 15 is 0 Å². The SMILES string of the molecule is Cc1ccc(S(=O)(=O)Nc2ccccc2C(=O)N(C)c2c(Br)ccc3ccccc23)cc1. The lowest BCUT2D eigenvalue weighted by Crippen LogP contribution is -2.28. The van der Waals surface area contributed by atoms with Crippen LogP contribution < -0.4 is 9.62 Å². The maximum absolute atomic E-state index is 13.5. The lowest BCUT2D eigenvalue weighted by molar-refractivity contribution is 0.0994. The summed E-state index contributed by atoms with van der Waals surface area (Å²) in [5.41, 5.74) is 2.15. The topological polar surface area (TPSA) is 66.5 Å². The second-order valence-electron chi connectivity index (χ2n) is 7.45. The van der Waals surface area contributed by atoms with Gasteiger partial charge in [0.1, 0.15) is 0 Å². The molecule has 4 aromatic carbocycles. The average Bonchev–Trinajstić information content (AvgIpc) is 2.78. The van der Waals surface area contributed by atoms with Gasteiger partial charge in [0.15, 0.2) is 0 Å². The van der Waals surface area contributed by atoms with Crippen molar-refractivity contribution in [2.45, 2.75) is 11.8 Å². The van der Waals surface area contributed by atoms with Crippen molar-refractivity contribution in [2.75, 3.05) is 16.7 Å². The van der Waals surface area contributed by atoms with Gasteiger partial charge in [0.2, 0.25) is 0 Å². The van der Waals surface area contributed by atoms with E-state index in [0.717, 1.165) is 20.8 Å². The molecule has 0 spiro atoms. The van der Waals surface area contributed by atoms with E-state index in [0.29, 0.717) is 5.69 Å². The highest BCUT2D eigenvalue weighted by Crippen LogP contribution is 2.35. The van der Waals surface area contributed by atoms with Crippen molar-refractivity contribution in [3.8, 4) is 0 Å². The van der Waals surface area contributed by atoms with Crippen LogP contribution in [0.4, 0.5) is 11.4 Å². The Morgan fingerprint density at radius 3 is 2.28 bits per heavy atom. The Bertz CT molecular complexity index is 1420. The summed E-state index contributed by atoms with van der Waals surface area (Å²) >= 11 is 3.56. The number of halogens is 1. The number of hydrogen-bond acceptors (Lipinski definition) is 3. The van der Waals surface area contributed by atoms with Gasteiger partial charge in [-0.3, -0.25) is 9.52 Å². The fourth-order valence-corrected chi connectivity index (χ4v) is 5.22. The van der Waals surface area contributed by atoms with E-state index in [1.54, 1.807) is 55.6 Å². The Morgan fingerprint density at radius 1 is 0.875 bits per heavy atom. The highest BCUT2D eigenvalue weighted by molar-refractivity contribution is 9.10. The van der Waals surface area contributed by atoms with Crippen molar-refractivity contribution in [3.63, 3.8) is 0 Å². The molecule has 0 atom stereocenters. The molecule has 5 nitrogen and oxygen atoms in total. The molecule has 0 bridgehead atoms. The second-order valence-corrected chi connectivity index (χ2v) is 9.98. The summed E-state index contributed by atoms with van der Waals surface area (Å²) in [6, 6.07) is 24.8. The van der Waals surface area contributed by atoms with Gasteiger partial charge in [0, 0.05) is 16.9 Å². The van der Waals surface area contributed by atoms with E-state index in [2.05, 4.69) is 20.7 Å². The average molecular weight is 509 g/mol. The molecule has 4 aromatic rings. The molecule has 4 rings (SSSR count). The maximum Gasteiger partial charge on any atom is 0.261 e. The molecule has 0 aliphatic heterocycles. The van der Waals surface area contributed by atoms with E-state index < -0.39 is 10.0 Å². The lowest BCUT2D eigenvalue weighted by atomic mass is 10.1. The number of nitrogens with zero attached hydrogens (tertiary/aromatic N) is 1. The van der Waals surface area contributed by atoms with Crippen molar-refractivity contribution in [1.29, 1.82) is 0 Å². The number of hydrogen-bond donors (Lipinski definition) is 1. The molecule has 0 heterocycles. The van der Waals surface area contributed by atoms with Crippen LogP contribution in [0.5, 0.6) is 0 Å². The molecule has 0 fully saturated rings. The van der Waals surface area contributed by atoms with Crippen LogP contribution in [0.3, 0.4) is 0 Å². The first-order valence-electron chi connectivity index (χ1n) is 9.92. The Hall–Kier alpha value is -3.16. The first kappa shape index (κ1) is 22.0. The van der Waals surface area contributed by atoms with Gasteiger partial charge >= 0.3 is 0 Å². The van der Waals surface area contributed by atoms with Gasteiger partial charge < -0.3 is 4.90 Å². The number of para-hydroxylation sites is 1. The number of carbonyl (C=O) groups excluding carboxylic acids is 1. The van der Waals surface area contributed by atoms with Crippen molar-refractivity contribution in [1.82, 2.24) is 0 Å². The third-order valence-corrected chi connectivity index (χ3v) is 7.25. The fourth-order valence-electron chi connectivity index (χ4n) is 3.53. The predicted octanol–water partition coefficient (Wildman–Crippen LogP) is 5.99. The summed E-state index contributed by atoms with van der Waals surface area (Å²) in [6.45, 7) is 1.89. The molecule has 0 unspecified atom stereocenters. The zero-order chi connectivity index (χ0) is 22.9. The van der Waals surface area contributed by atoms with E-state index in [1.807, 2.05) is 43.3 Å². The standard InChI is InChI=1S/C25H21BrN2O3S/c1-17-11-14-19(15-12-17)32(30,31)27-23-10-6-5-9-21(23)25(29)28(2)24-20-8-4-3-7-18(20)13-16-22(24)26/h3-16,27H,1-2H3. The van der Waals surface area contributed by atoms with Crippen LogP contribution in [0.2, 0.25) is 0 Å². The van der Waals surface area contributed by atoms with Crippen LogP contribution in [0.15, 0.2) is 94.3 Å². The summed E-state index contributed by atoms with van der Waals surface area (Å²) in [6.07, 6.45) is 0. The lowest BCUT2D eigenvalue weighted by Gasteiger charge is -2.22. The molecule has 0 aromatic heterocycles. The number of aryl methyl sites for hydroxylation is 1. The van der Waals surface area contributed by atoms with Crippen LogP contribution in [-0.4, -0.2) is 21.4 Å². The number of benzene rings is 4. The zero-order valence-electron chi connectivity index (χ0n) is 17.5. The van der Waals surface area contributed by atoms with E-state index in [4.69, 9.17) is 0 Å². The Balaban J connectivity index is 1.72. The third kappa shape index (κ3) is 4.26. The smallest absolute Gasteiger partial charge is 0.261 e. The minimum atomic E-state index is -3.85. The van der Waals surface area contributed by atoms with Gasteiger partial charge in [-0.25, -0.2) is 8.42 Å². The normalized spacial score (nSPS) is 11.3. The summed E-state index contributed by atoms with van der Waals surface area (Å²) in [7, 11) is -2.17. The molecule has 0 saturated carbocycles. The molecular weight excluding hydrogens is 488 g/mol. The van der Waals surface area contributed by atoms with Gasteiger partial charge in [0.25, 0.3) is 15.9 Å². The Kier molecular flexibility index (Phi) is 6.04. The first-order chi connectivity index (χ1) is 15.3. The number of rotatable bonds is 5. The summed E-state index contributed by atoms with van der Waals surface area (Å²) < 4.78 is 29.2. The zero-order valence-corrected chi connectivity index (χ0v) is 19.9. The summed E-state index contributed by atoms with van der Waals surface area (Å²) in [5, 5.41) is 1.91. The van der Waals surface area contributed by atoms with E-state index in [-0.39, 0.29) is 22.1 Å². The molecule has 0 saturated heterocycles. The monoisotopic (exact) mass is 508 g/mol. The van der Waals surface area contributed by atoms with Crippen molar-refractivity contribution in [3.05, 3.63) is 101 Å². The number of fused-ring (bicyclic) bond motifs is 1. The third-order valence-electron chi connectivity index (χ3n) is 5.22. The highest BCUT2D eigenvalue weighted by Gasteiger charge is 2.23. The number of carbonyl (C=O) groups is 1.